The second kappa shape index (κ2) is 5.44. The highest BCUT2D eigenvalue weighted by Crippen LogP contribution is 2.40. The fourth-order valence-electron chi connectivity index (χ4n) is 1.83. The van der Waals surface area contributed by atoms with E-state index >= 15 is 0 Å². The van der Waals surface area contributed by atoms with Crippen LogP contribution in [0.2, 0.25) is 0 Å². The van der Waals surface area contributed by atoms with Crippen LogP contribution >= 0.6 is 0 Å². The van der Waals surface area contributed by atoms with Crippen LogP contribution in [-0.4, -0.2) is 41.5 Å². The Labute approximate surface area is 107 Å². The van der Waals surface area contributed by atoms with E-state index in [4.69, 9.17) is 4.74 Å². The molecular formula is C13H19N3O2. The van der Waals surface area contributed by atoms with Gasteiger partial charge >= 0.3 is 5.97 Å². The van der Waals surface area contributed by atoms with Crippen molar-refractivity contribution in [3.63, 3.8) is 0 Å². The van der Waals surface area contributed by atoms with E-state index in [1.807, 2.05) is 19.0 Å². The van der Waals surface area contributed by atoms with Gasteiger partial charge < -0.3 is 9.64 Å². The maximum Gasteiger partial charge on any atom is 0.341 e. The van der Waals surface area contributed by atoms with E-state index in [1.165, 1.54) is 0 Å². The van der Waals surface area contributed by atoms with Gasteiger partial charge in [-0.05, 0) is 33.9 Å². The zero-order valence-corrected chi connectivity index (χ0v) is 11.1. The molecule has 18 heavy (non-hydrogen) atoms. The van der Waals surface area contributed by atoms with Crippen molar-refractivity contribution in [2.24, 2.45) is 0 Å². The van der Waals surface area contributed by atoms with Crippen LogP contribution in [0.25, 0.3) is 0 Å². The molecule has 0 amide bonds. The van der Waals surface area contributed by atoms with Gasteiger partial charge in [0.15, 0.2) is 0 Å². The first-order valence-corrected chi connectivity index (χ1v) is 6.29. The summed E-state index contributed by atoms with van der Waals surface area (Å²) < 4.78 is 5.04. The molecule has 2 rings (SSSR count). The normalized spacial score (nSPS) is 14.9. The van der Waals surface area contributed by atoms with E-state index < -0.39 is 0 Å². The predicted octanol–water partition coefficient (Wildman–Crippen LogP) is 1.59. The summed E-state index contributed by atoms with van der Waals surface area (Å²) in [6, 6.07) is 0. The van der Waals surface area contributed by atoms with Gasteiger partial charge in [0.05, 0.1) is 24.4 Å². The predicted molar refractivity (Wildman–Crippen MR) is 67.4 cm³/mol. The lowest BCUT2D eigenvalue weighted by molar-refractivity contribution is 0.0523. The average Bonchev–Trinajstić information content (AvgIpc) is 3.12. The molecule has 0 spiro atoms. The van der Waals surface area contributed by atoms with E-state index in [9.17, 15) is 4.79 Å². The van der Waals surface area contributed by atoms with Gasteiger partial charge in [0, 0.05) is 12.1 Å². The van der Waals surface area contributed by atoms with E-state index in [0.717, 1.165) is 24.4 Å². The molecule has 1 fully saturated rings. The number of hydrogen-bond donors (Lipinski definition) is 0. The van der Waals surface area contributed by atoms with Crippen LogP contribution in [0, 0.1) is 0 Å². The molecule has 1 aromatic heterocycles. The quantitative estimate of drug-likeness (QED) is 0.742. The summed E-state index contributed by atoms with van der Waals surface area (Å²) in [6.45, 7) is 2.86. The molecule has 0 N–H and O–H groups in total. The maximum atomic E-state index is 11.8. The first-order chi connectivity index (χ1) is 8.61. The molecule has 0 aliphatic heterocycles. The molecule has 0 aromatic carbocycles. The Morgan fingerprint density at radius 1 is 1.50 bits per heavy atom. The third kappa shape index (κ3) is 3.04. The summed E-state index contributed by atoms with van der Waals surface area (Å²) in [5.74, 6) is 0.860. The lowest BCUT2D eigenvalue weighted by Crippen LogP contribution is -2.16. The third-order valence-electron chi connectivity index (χ3n) is 2.79. The highest BCUT2D eigenvalue weighted by Gasteiger charge is 2.30. The lowest BCUT2D eigenvalue weighted by atomic mass is 10.1. The largest absolute Gasteiger partial charge is 0.462 e. The van der Waals surface area contributed by atoms with Crippen molar-refractivity contribution in [2.45, 2.75) is 32.2 Å². The molecule has 1 heterocycles. The van der Waals surface area contributed by atoms with Crippen molar-refractivity contribution in [2.75, 3.05) is 20.7 Å². The molecule has 0 saturated heterocycles. The topological polar surface area (TPSA) is 55.3 Å². The van der Waals surface area contributed by atoms with E-state index in [-0.39, 0.29) is 5.97 Å². The van der Waals surface area contributed by atoms with Crippen LogP contribution in [0.15, 0.2) is 6.20 Å². The second-order valence-electron chi connectivity index (χ2n) is 4.82. The highest BCUT2D eigenvalue weighted by molar-refractivity contribution is 5.90. The van der Waals surface area contributed by atoms with Crippen molar-refractivity contribution >= 4 is 5.97 Å². The Balaban J connectivity index is 2.26. The molecule has 1 saturated carbocycles. The Hall–Kier alpha value is -1.49. The summed E-state index contributed by atoms with van der Waals surface area (Å²) in [5.41, 5.74) is 1.39. The number of hydrogen-bond acceptors (Lipinski definition) is 5. The van der Waals surface area contributed by atoms with Gasteiger partial charge in [-0.2, -0.15) is 0 Å². The number of aromatic nitrogens is 2. The van der Waals surface area contributed by atoms with E-state index in [0.29, 0.717) is 24.6 Å². The fourth-order valence-corrected chi connectivity index (χ4v) is 1.83. The lowest BCUT2D eigenvalue weighted by Gasteiger charge is -2.11. The summed E-state index contributed by atoms with van der Waals surface area (Å²) in [6.07, 6.45) is 3.81. The van der Waals surface area contributed by atoms with Gasteiger partial charge in [-0.15, -0.1) is 0 Å². The van der Waals surface area contributed by atoms with Crippen LogP contribution in [0.5, 0.6) is 0 Å². The Morgan fingerprint density at radius 3 is 2.78 bits per heavy atom. The maximum absolute atomic E-state index is 11.8. The standard InChI is InChI=1S/C13H19N3O2/c1-4-18-13(17)10-7-14-11(8-16(2)3)15-12(10)9-5-6-9/h7,9H,4-6,8H2,1-3H3. The molecule has 1 aromatic rings. The Kier molecular flexibility index (Phi) is 3.91. The summed E-state index contributed by atoms with van der Waals surface area (Å²) >= 11 is 0. The van der Waals surface area contributed by atoms with Crippen molar-refractivity contribution in [3.8, 4) is 0 Å². The zero-order chi connectivity index (χ0) is 13.1. The SMILES string of the molecule is CCOC(=O)c1cnc(CN(C)C)nc1C1CC1. The zero-order valence-electron chi connectivity index (χ0n) is 11.1. The molecular weight excluding hydrogens is 230 g/mol. The van der Waals surface area contributed by atoms with Crippen molar-refractivity contribution < 1.29 is 9.53 Å². The van der Waals surface area contributed by atoms with Gasteiger partial charge in [0.25, 0.3) is 0 Å². The molecule has 1 aliphatic rings. The molecule has 5 nitrogen and oxygen atoms in total. The van der Waals surface area contributed by atoms with Crippen molar-refractivity contribution in [1.82, 2.24) is 14.9 Å². The molecule has 0 bridgehead atoms. The average molecular weight is 249 g/mol. The van der Waals surface area contributed by atoms with Gasteiger partial charge in [-0.25, -0.2) is 14.8 Å². The van der Waals surface area contributed by atoms with Gasteiger partial charge in [0.1, 0.15) is 5.82 Å². The first-order valence-electron chi connectivity index (χ1n) is 6.29. The van der Waals surface area contributed by atoms with Crippen LogP contribution in [-0.2, 0) is 11.3 Å². The molecule has 1 aliphatic carbocycles. The van der Waals surface area contributed by atoms with E-state index in [1.54, 1.807) is 13.1 Å². The molecule has 98 valence electrons. The third-order valence-corrected chi connectivity index (χ3v) is 2.79. The minimum Gasteiger partial charge on any atom is -0.462 e. The molecule has 5 heteroatoms. The van der Waals surface area contributed by atoms with Crippen LogP contribution in [0.3, 0.4) is 0 Å². The number of rotatable bonds is 5. The van der Waals surface area contributed by atoms with Crippen molar-refractivity contribution in [1.29, 1.82) is 0 Å². The molecule has 0 unspecified atom stereocenters. The summed E-state index contributed by atoms with van der Waals surface area (Å²) in [7, 11) is 3.94. The fraction of sp³-hybridized carbons (Fsp3) is 0.615. The van der Waals surface area contributed by atoms with Gasteiger partial charge in [-0.1, -0.05) is 0 Å². The van der Waals surface area contributed by atoms with Crippen molar-refractivity contribution in [3.05, 3.63) is 23.3 Å². The summed E-state index contributed by atoms with van der Waals surface area (Å²) in [4.78, 5) is 22.6. The number of nitrogens with zero attached hydrogens (tertiary/aromatic N) is 3. The number of esters is 1. The van der Waals surface area contributed by atoms with Gasteiger partial charge in [0.2, 0.25) is 0 Å². The summed E-state index contributed by atoms with van der Waals surface area (Å²) in [5, 5.41) is 0. The number of carbonyl (C=O) groups is 1. The van der Waals surface area contributed by atoms with Crippen LogP contribution in [0.4, 0.5) is 0 Å². The van der Waals surface area contributed by atoms with E-state index in [2.05, 4.69) is 9.97 Å². The van der Waals surface area contributed by atoms with Crippen LogP contribution < -0.4 is 0 Å². The first kappa shape index (κ1) is 13.0. The number of carbonyl (C=O) groups excluding carboxylic acids is 1. The molecule has 0 atom stereocenters. The molecule has 0 radical (unpaired) electrons. The Morgan fingerprint density at radius 2 is 2.22 bits per heavy atom. The van der Waals surface area contributed by atoms with Crippen LogP contribution in [0.1, 0.15) is 47.6 Å². The van der Waals surface area contributed by atoms with Gasteiger partial charge in [-0.3, -0.25) is 0 Å². The smallest absolute Gasteiger partial charge is 0.341 e. The minimum absolute atomic E-state index is 0.309. The minimum atomic E-state index is -0.309. The Bertz CT molecular complexity index is 442. The second-order valence-corrected chi connectivity index (χ2v) is 4.82. The highest BCUT2D eigenvalue weighted by atomic mass is 16.5. The number of ether oxygens (including phenoxy) is 1. The monoisotopic (exact) mass is 249 g/mol.